The number of ether oxygens (including phenoxy) is 2. The van der Waals surface area contributed by atoms with Gasteiger partial charge in [0.15, 0.2) is 0 Å². The fourth-order valence-electron chi connectivity index (χ4n) is 1.73. The summed E-state index contributed by atoms with van der Waals surface area (Å²) in [6, 6.07) is 7.61. The van der Waals surface area contributed by atoms with Gasteiger partial charge in [-0.3, -0.25) is 0 Å². The molecule has 100 valence electrons. The molecule has 0 saturated carbocycles. The van der Waals surface area contributed by atoms with Crippen LogP contribution in [0.5, 0.6) is 5.75 Å². The van der Waals surface area contributed by atoms with E-state index in [2.05, 4.69) is 0 Å². The van der Waals surface area contributed by atoms with Crippen molar-refractivity contribution in [3.05, 3.63) is 24.3 Å². The minimum Gasteiger partial charge on any atom is -0.491 e. The monoisotopic (exact) mass is 270 g/mol. The lowest BCUT2D eigenvalue weighted by Gasteiger charge is -2.24. The maximum atomic E-state index is 5.63. The van der Waals surface area contributed by atoms with Gasteiger partial charge in [0.1, 0.15) is 18.5 Å². The van der Waals surface area contributed by atoms with Crippen LogP contribution in [0, 0.1) is 0 Å². The van der Waals surface area contributed by atoms with Crippen molar-refractivity contribution in [1.29, 1.82) is 0 Å². The fourth-order valence-corrected chi connectivity index (χ4v) is 3.56. The third kappa shape index (κ3) is 2.90. The molecule has 0 aliphatic carbocycles. The van der Waals surface area contributed by atoms with Crippen LogP contribution in [0.15, 0.2) is 24.3 Å². The smallest absolute Gasteiger partial charge is 0.491 e. The molecule has 1 aliphatic rings. The van der Waals surface area contributed by atoms with Gasteiger partial charge in [0.2, 0.25) is 0 Å². The van der Waals surface area contributed by atoms with Crippen LogP contribution in [0.1, 0.15) is 0 Å². The molecule has 18 heavy (non-hydrogen) atoms. The molecule has 0 amide bonds. The van der Waals surface area contributed by atoms with Gasteiger partial charge in [-0.1, -0.05) is 12.1 Å². The molecule has 1 heterocycles. The Labute approximate surface area is 108 Å². The highest BCUT2D eigenvalue weighted by Crippen LogP contribution is 2.16. The van der Waals surface area contributed by atoms with E-state index in [0.29, 0.717) is 6.61 Å². The molecule has 5 nitrogen and oxygen atoms in total. The number of benzene rings is 1. The summed E-state index contributed by atoms with van der Waals surface area (Å²) in [5.74, 6) is 0.769. The van der Waals surface area contributed by atoms with Crippen molar-refractivity contribution in [1.82, 2.24) is 0 Å². The van der Waals surface area contributed by atoms with Gasteiger partial charge >= 0.3 is 8.80 Å². The Balaban J connectivity index is 2.13. The van der Waals surface area contributed by atoms with E-state index < -0.39 is 8.80 Å². The Hall–Kier alpha value is -0.923. The third-order valence-corrected chi connectivity index (χ3v) is 5.46. The van der Waals surface area contributed by atoms with Gasteiger partial charge in [-0.15, -0.1) is 0 Å². The molecular formula is C12H18O5Si. The zero-order chi connectivity index (χ0) is 13.0. The Morgan fingerprint density at radius 2 is 1.89 bits per heavy atom. The number of epoxide rings is 1. The van der Waals surface area contributed by atoms with Crippen LogP contribution in [0.3, 0.4) is 0 Å². The molecule has 1 aromatic carbocycles. The highest BCUT2D eigenvalue weighted by atomic mass is 28.4. The van der Waals surface area contributed by atoms with Crippen molar-refractivity contribution in [3.8, 4) is 5.75 Å². The Bertz CT molecular complexity index is 382. The maximum Gasteiger partial charge on any atom is 0.536 e. The van der Waals surface area contributed by atoms with Crippen molar-refractivity contribution < 1.29 is 22.8 Å². The zero-order valence-electron chi connectivity index (χ0n) is 10.8. The molecule has 0 bridgehead atoms. The molecule has 1 unspecified atom stereocenters. The summed E-state index contributed by atoms with van der Waals surface area (Å²) < 4.78 is 27.0. The van der Waals surface area contributed by atoms with E-state index in [0.717, 1.165) is 17.5 Å². The zero-order valence-corrected chi connectivity index (χ0v) is 11.8. The highest BCUT2D eigenvalue weighted by Gasteiger charge is 2.41. The van der Waals surface area contributed by atoms with Crippen molar-refractivity contribution in [2.24, 2.45) is 0 Å². The van der Waals surface area contributed by atoms with Gasteiger partial charge in [0.25, 0.3) is 0 Å². The summed E-state index contributed by atoms with van der Waals surface area (Å²) in [7, 11) is 1.99. The molecule has 1 aliphatic heterocycles. The van der Waals surface area contributed by atoms with E-state index in [-0.39, 0.29) is 6.10 Å². The van der Waals surface area contributed by atoms with Crippen LogP contribution >= 0.6 is 0 Å². The fraction of sp³-hybridized carbons (Fsp3) is 0.500. The van der Waals surface area contributed by atoms with Gasteiger partial charge in [-0.25, -0.2) is 0 Å². The number of hydrogen-bond donors (Lipinski definition) is 0. The minimum atomic E-state index is -2.78. The molecule has 0 radical (unpaired) electrons. The first-order chi connectivity index (χ1) is 8.74. The van der Waals surface area contributed by atoms with Gasteiger partial charge in [-0.2, -0.15) is 0 Å². The van der Waals surface area contributed by atoms with E-state index in [1.54, 1.807) is 21.3 Å². The van der Waals surface area contributed by atoms with Crippen molar-refractivity contribution >= 4 is 14.0 Å². The second-order valence-corrected chi connectivity index (χ2v) is 6.88. The van der Waals surface area contributed by atoms with Gasteiger partial charge in [0, 0.05) is 26.5 Å². The van der Waals surface area contributed by atoms with Crippen molar-refractivity contribution in [3.63, 3.8) is 0 Å². The summed E-state index contributed by atoms with van der Waals surface area (Å²) >= 11 is 0. The molecule has 0 spiro atoms. The van der Waals surface area contributed by atoms with Crippen LogP contribution in [0.2, 0.25) is 0 Å². The standard InChI is InChI=1S/C12H18O5Si/c1-13-18(14-2,15-3)12-6-4-5-10(7-12)16-8-11-9-17-11/h4-7,11H,8-9H2,1-3H3. The van der Waals surface area contributed by atoms with E-state index in [1.807, 2.05) is 24.3 Å². The summed E-state index contributed by atoms with van der Waals surface area (Å²) in [5, 5.41) is 0.879. The summed E-state index contributed by atoms with van der Waals surface area (Å²) in [4.78, 5) is 0. The topological polar surface area (TPSA) is 49.5 Å². The van der Waals surface area contributed by atoms with E-state index in [4.69, 9.17) is 22.8 Å². The molecule has 1 aromatic rings. The lowest BCUT2D eigenvalue weighted by molar-refractivity contribution is 0.140. The van der Waals surface area contributed by atoms with Crippen LogP contribution in [0.25, 0.3) is 0 Å². The van der Waals surface area contributed by atoms with E-state index >= 15 is 0 Å². The first-order valence-electron chi connectivity index (χ1n) is 5.74. The first kappa shape index (κ1) is 13.5. The molecular weight excluding hydrogens is 252 g/mol. The summed E-state index contributed by atoms with van der Waals surface area (Å²) in [6.45, 7) is 1.36. The average Bonchev–Trinajstić information content (AvgIpc) is 3.24. The van der Waals surface area contributed by atoms with Crippen molar-refractivity contribution in [2.75, 3.05) is 34.5 Å². The SMILES string of the molecule is CO[Si](OC)(OC)c1cccc(OCC2CO2)c1. The Morgan fingerprint density at radius 1 is 1.22 bits per heavy atom. The Morgan fingerprint density at radius 3 is 2.44 bits per heavy atom. The van der Waals surface area contributed by atoms with Gasteiger partial charge in [-0.05, 0) is 12.1 Å². The lowest BCUT2D eigenvalue weighted by atomic mass is 10.3. The van der Waals surface area contributed by atoms with Gasteiger partial charge < -0.3 is 22.8 Å². The predicted octanol–water partition coefficient (Wildman–Crippen LogP) is 0.549. The predicted molar refractivity (Wildman–Crippen MR) is 68.1 cm³/mol. The van der Waals surface area contributed by atoms with Crippen LogP contribution in [0.4, 0.5) is 0 Å². The minimum absolute atomic E-state index is 0.239. The Kier molecular flexibility index (Phi) is 4.36. The second-order valence-electron chi connectivity index (χ2n) is 3.96. The maximum absolute atomic E-state index is 5.63. The summed E-state index contributed by atoms with van der Waals surface area (Å²) in [6.07, 6.45) is 0.239. The van der Waals surface area contributed by atoms with E-state index in [1.165, 1.54) is 0 Å². The first-order valence-corrected chi connectivity index (χ1v) is 7.47. The van der Waals surface area contributed by atoms with Crippen molar-refractivity contribution in [2.45, 2.75) is 6.10 Å². The largest absolute Gasteiger partial charge is 0.536 e. The second kappa shape index (κ2) is 5.81. The molecule has 0 N–H and O–H groups in total. The highest BCUT2D eigenvalue weighted by molar-refractivity contribution is 6.75. The van der Waals surface area contributed by atoms with Crippen LogP contribution in [-0.2, 0) is 18.0 Å². The third-order valence-electron chi connectivity index (χ3n) is 2.83. The van der Waals surface area contributed by atoms with Crippen LogP contribution < -0.4 is 9.92 Å². The quantitative estimate of drug-likeness (QED) is 0.535. The molecule has 1 fully saturated rings. The molecule has 2 rings (SSSR count). The lowest BCUT2D eigenvalue weighted by Crippen LogP contribution is -2.54. The molecule has 1 atom stereocenters. The number of hydrogen-bond acceptors (Lipinski definition) is 5. The average molecular weight is 270 g/mol. The molecule has 6 heteroatoms. The van der Waals surface area contributed by atoms with Crippen LogP contribution in [-0.4, -0.2) is 49.5 Å². The number of rotatable bonds is 7. The van der Waals surface area contributed by atoms with E-state index in [9.17, 15) is 0 Å². The normalized spacial score (nSPS) is 18.7. The van der Waals surface area contributed by atoms with Gasteiger partial charge in [0.05, 0.1) is 6.61 Å². The summed E-state index contributed by atoms with van der Waals surface area (Å²) in [5.41, 5.74) is 0. The molecule has 0 aromatic heterocycles. The molecule has 1 saturated heterocycles.